The maximum Gasteiger partial charge on any atom is 0.304 e. The number of carbonyl (C=O) groups is 1. The van der Waals surface area contributed by atoms with E-state index in [0.29, 0.717) is 36.7 Å². The third kappa shape index (κ3) is 6.01. The lowest BCUT2D eigenvalue weighted by atomic mass is 9.88. The Morgan fingerprint density at radius 3 is 2.64 bits per heavy atom. The number of halogens is 1. The van der Waals surface area contributed by atoms with E-state index >= 15 is 4.39 Å². The molecule has 204 valence electrons. The van der Waals surface area contributed by atoms with Crippen LogP contribution >= 0.6 is 0 Å². The average Bonchev–Trinajstić information content (AvgIpc) is 3.32. The fraction of sp³-hybridized carbons (Fsp3) is 0.364. The lowest BCUT2D eigenvalue weighted by Crippen LogP contribution is -2.19. The molecule has 0 saturated carbocycles. The van der Waals surface area contributed by atoms with Gasteiger partial charge in [-0.3, -0.25) is 4.79 Å². The highest BCUT2D eigenvalue weighted by atomic mass is 19.1. The van der Waals surface area contributed by atoms with Gasteiger partial charge >= 0.3 is 5.97 Å². The van der Waals surface area contributed by atoms with E-state index in [2.05, 4.69) is 38.6 Å². The molecule has 39 heavy (non-hydrogen) atoms. The summed E-state index contributed by atoms with van der Waals surface area (Å²) in [6.07, 6.45) is 8.17. The van der Waals surface area contributed by atoms with Gasteiger partial charge in [-0.25, -0.2) is 4.39 Å². The lowest BCUT2D eigenvalue weighted by molar-refractivity contribution is -0.137. The number of aliphatic carboxylic acids is 1. The summed E-state index contributed by atoms with van der Waals surface area (Å²) in [4.78, 5) is 11.1. The van der Waals surface area contributed by atoms with Crippen molar-refractivity contribution in [1.29, 1.82) is 0 Å². The van der Waals surface area contributed by atoms with Crippen LogP contribution in [0, 0.1) is 13.8 Å². The van der Waals surface area contributed by atoms with Gasteiger partial charge in [0.05, 0.1) is 26.2 Å². The molecule has 3 aliphatic rings. The summed E-state index contributed by atoms with van der Waals surface area (Å²) in [5, 5.41) is 9.14. The van der Waals surface area contributed by atoms with Crippen molar-refractivity contribution in [3.05, 3.63) is 94.4 Å². The highest BCUT2D eigenvalue weighted by molar-refractivity contribution is 5.76. The summed E-state index contributed by atoms with van der Waals surface area (Å²) in [7, 11) is 0. The van der Waals surface area contributed by atoms with Crippen molar-refractivity contribution in [2.45, 2.75) is 58.0 Å². The Hall–Kier alpha value is -3.64. The van der Waals surface area contributed by atoms with Crippen molar-refractivity contribution in [2.75, 3.05) is 19.8 Å². The second kappa shape index (κ2) is 11.6. The molecule has 0 unspecified atom stereocenters. The summed E-state index contributed by atoms with van der Waals surface area (Å²) in [6.45, 7) is 10.0. The highest BCUT2D eigenvalue weighted by Crippen LogP contribution is 2.40. The van der Waals surface area contributed by atoms with Crippen molar-refractivity contribution in [2.24, 2.45) is 0 Å². The smallest absolute Gasteiger partial charge is 0.304 e. The molecule has 2 aromatic rings. The molecule has 1 N–H and O–H groups in total. The SMILES string of the molecule is C=C1/C(F)=C\C=C(\c2c(C)cc(C3=CCOCC3)cc2C)CCC[C@H]1Oc1ccc2c(c1)OC[C@H]2CC(=O)O. The Morgan fingerprint density at radius 1 is 1.13 bits per heavy atom. The predicted molar refractivity (Wildman–Crippen MR) is 151 cm³/mol. The molecule has 2 aliphatic heterocycles. The lowest BCUT2D eigenvalue weighted by Gasteiger charge is -2.21. The molecule has 2 heterocycles. The van der Waals surface area contributed by atoms with Gasteiger partial charge in [0.15, 0.2) is 0 Å². The quantitative estimate of drug-likeness (QED) is 0.419. The topological polar surface area (TPSA) is 65.0 Å². The summed E-state index contributed by atoms with van der Waals surface area (Å²) in [6, 6.07) is 9.88. The van der Waals surface area contributed by atoms with Crippen LogP contribution in [-0.2, 0) is 9.53 Å². The minimum Gasteiger partial charge on any atom is -0.492 e. The number of rotatable bonds is 6. The van der Waals surface area contributed by atoms with Crippen molar-refractivity contribution >= 4 is 17.1 Å². The zero-order valence-corrected chi connectivity index (χ0v) is 22.6. The van der Waals surface area contributed by atoms with E-state index < -0.39 is 17.9 Å². The maximum absolute atomic E-state index is 15.3. The molecule has 6 heteroatoms. The Kier molecular flexibility index (Phi) is 8.03. The number of hydrogen-bond donors (Lipinski definition) is 1. The Bertz CT molecular complexity index is 1360. The third-order valence-corrected chi connectivity index (χ3v) is 7.79. The van der Waals surface area contributed by atoms with Gasteiger partial charge in [-0.05, 0) is 85.1 Å². The minimum absolute atomic E-state index is 0.0203. The van der Waals surface area contributed by atoms with Crippen LogP contribution in [0.25, 0.3) is 11.1 Å². The van der Waals surface area contributed by atoms with Crippen LogP contribution in [0.15, 0.2) is 66.5 Å². The number of hydrogen-bond acceptors (Lipinski definition) is 4. The Labute approximate surface area is 229 Å². The van der Waals surface area contributed by atoms with Crippen LogP contribution in [-0.4, -0.2) is 37.0 Å². The molecule has 2 aromatic carbocycles. The minimum atomic E-state index is -0.855. The van der Waals surface area contributed by atoms with Gasteiger partial charge in [0.1, 0.15) is 23.4 Å². The highest BCUT2D eigenvalue weighted by Gasteiger charge is 2.28. The maximum atomic E-state index is 15.3. The van der Waals surface area contributed by atoms with E-state index in [4.69, 9.17) is 19.3 Å². The molecule has 0 spiro atoms. The molecule has 0 fully saturated rings. The molecule has 0 amide bonds. The largest absolute Gasteiger partial charge is 0.492 e. The first-order valence-corrected chi connectivity index (χ1v) is 13.6. The number of carboxylic acids is 1. The summed E-state index contributed by atoms with van der Waals surface area (Å²) in [5.41, 5.74) is 8.38. The van der Waals surface area contributed by atoms with Crippen molar-refractivity contribution < 1.29 is 28.5 Å². The van der Waals surface area contributed by atoms with Crippen LogP contribution in [0.3, 0.4) is 0 Å². The van der Waals surface area contributed by atoms with Gasteiger partial charge in [0.25, 0.3) is 0 Å². The Balaban J connectivity index is 1.32. The van der Waals surface area contributed by atoms with E-state index in [-0.39, 0.29) is 12.3 Å². The van der Waals surface area contributed by atoms with Crippen molar-refractivity contribution in [3.63, 3.8) is 0 Å². The fourth-order valence-corrected chi connectivity index (χ4v) is 5.83. The zero-order valence-electron chi connectivity index (χ0n) is 22.6. The molecule has 5 nitrogen and oxygen atoms in total. The number of aryl methyl sites for hydroxylation is 2. The number of allylic oxidation sites excluding steroid dienone is 3. The average molecular weight is 531 g/mol. The molecule has 0 radical (unpaired) electrons. The molecule has 1 aliphatic carbocycles. The second-order valence-electron chi connectivity index (χ2n) is 10.6. The van der Waals surface area contributed by atoms with Gasteiger partial charge in [-0.15, -0.1) is 0 Å². The molecular weight excluding hydrogens is 495 g/mol. The van der Waals surface area contributed by atoms with Gasteiger partial charge in [0, 0.05) is 23.1 Å². The first-order chi connectivity index (χ1) is 18.8. The van der Waals surface area contributed by atoms with Gasteiger partial charge in [-0.2, -0.15) is 0 Å². The van der Waals surface area contributed by atoms with Crippen LogP contribution in [0.4, 0.5) is 4.39 Å². The van der Waals surface area contributed by atoms with Crippen LogP contribution in [0.1, 0.15) is 65.8 Å². The standard InChI is InChI=1S/C33H35FO5/c1-20-15-25(23-11-13-37-14-12-23)16-21(2)33(20)24-5-4-6-30(22(3)29(34)10-7-24)39-27-8-9-28-26(17-32(35)36)19-38-31(28)18-27/h7-11,15-16,18,26,30H,3-6,12-14,17,19H2,1-2H3,(H,35,36)/b24-7+,29-10+/t26-,30-/m1/s1. The van der Waals surface area contributed by atoms with E-state index in [1.165, 1.54) is 33.9 Å². The summed E-state index contributed by atoms with van der Waals surface area (Å²) < 4.78 is 32.7. The van der Waals surface area contributed by atoms with Crippen LogP contribution in [0.2, 0.25) is 0 Å². The molecule has 2 atom stereocenters. The first kappa shape index (κ1) is 26.9. The fourth-order valence-electron chi connectivity index (χ4n) is 5.83. The van der Waals surface area contributed by atoms with E-state index in [1.807, 2.05) is 12.1 Å². The van der Waals surface area contributed by atoms with E-state index in [0.717, 1.165) is 37.0 Å². The van der Waals surface area contributed by atoms with Crippen LogP contribution < -0.4 is 9.47 Å². The summed E-state index contributed by atoms with van der Waals surface area (Å²) >= 11 is 0. The first-order valence-electron chi connectivity index (χ1n) is 13.6. The second-order valence-corrected chi connectivity index (χ2v) is 10.6. The van der Waals surface area contributed by atoms with Crippen molar-refractivity contribution in [3.8, 4) is 11.5 Å². The van der Waals surface area contributed by atoms with Crippen LogP contribution in [0.5, 0.6) is 11.5 Å². The van der Waals surface area contributed by atoms with E-state index in [9.17, 15) is 4.79 Å². The van der Waals surface area contributed by atoms with Gasteiger partial charge in [0.2, 0.25) is 0 Å². The monoisotopic (exact) mass is 530 g/mol. The van der Waals surface area contributed by atoms with Gasteiger partial charge < -0.3 is 19.3 Å². The third-order valence-electron chi connectivity index (χ3n) is 7.79. The number of ether oxygens (including phenoxy) is 3. The number of carboxylic acid groups (broad SMARTS) is 1. The molecule has 0 bridgehead atoms. The molecule has 0 aromatic heterocycles. The predicted octanol–water partition coefficient (Wildman–Crippen LogP) is 7.48. The number of benzene rings is 2. The summed E-state index contributed by atoms with van der Waals surface area (Å²) in [5.74, 6) is -0.241. The van der Waals surface area contributed by atoms with E-state index in [1.54, 1.807) is 12.1 Å². The molecule has 5 rings (SSSR count). The normalized spacial score (nSPS) is 24.1. The Morgan fingerprint density at radius 2 is 1.92 bits per heavy atom. The zero-order chi connectivity index (χ0) is 27.5. The molecular formula is C33H35FO5. The molecule has 0 saturated heterocycles. The van der Waals surface area contributed by atoms with Crippen molar-refractivity contribution in [1.82, 2.24) is 0 Å². The number of fused-ring (bicyclic) bond motifs is 1. The van der Waals surface area contributed by atoms with Gasteiger partial charge in [-0.1, -0.05) is 36.9 Å².